The predicted molar refractivity (Wildman–Crippen MR) is 69.2 cm³/mol. The van der Waals surface area contributed by atoms with Crippen molar-refractivity contribution in [2.45, 2.75) is 32.7 Å². The van der Waals surface area contributed by atoms with Gasteiger partial charge in [0.25, 0.3) is 0 Å². The molecule has 1 heterocycles. The van der Waals surface area contributed by atoms with Gasteiger partial charge in [0.05, 0.1) is 0 Å². The molecule has 2 heteroatoms. The van der Waals surface area contributed by atoms with E-state index in [2.05, 4.69) is 49.3 Å². The van der Waals surface area contributed by atoms with Crippen LogP contribution in [0.1, 0.15) is 24.0 Å². The zero-order valence-corrected chi connectivity index (χ0v) is 10.5. The Bertz CT molecular complexity index is 354. The number of piperidine rings is 1. The van der Waals surface area contributed by atoms with Crippen LogP contribution in [0.5, 0.6) is 0 Å². The third kappa shape index (κ3) is 2.38. The van der Waals surface area contributed by atoms with Gasteiger partial charge >= 0.3 is 0 Å². The highest BCUT2D eigenvalue weighted by Gasteiger charge is 2.18. The van der Waals surface area contributed by atoms with Gasteiger partial charge in [0.1, 0.15) is 0 Å². The summed E-state index contributed by atoms with van der Waals surface area (Å²) in [4.78, 5) is 2.42. The molecular formula is C14H21N2. The van der Waals surface area contributed by atoms with Crippen LogP contribution < -0.4 is 10.2 Å². The van der Waals surface area contributed by atoms with Crippen molar-refractivity contribution in [3.8, 4) is 0 Å². The van der Waals surface area contributed by atoms with Crippen LogP contribution >= 0.6 is 0 Å². The number of anilines is 1. The zero-order valence-electron chi connectivity index (χ0n) is 10.5. The quantitative estimate of drug-likeness (QED) is 0.744. The smallest absolute Gasteiger partial charge is 0.0368 e. The van der Waals surface area contributed by atoms with Crippen LogP contribution in [-0.4, -0.2) is 26.2 Å². The minimum atomic E-state index is 0.666. The highest BCUT2D eigenvalue weighted by Crippen LogP contribution is 2.22. The van der Waals surface area contributed by atoms with E-state index in [0.717, 1.165) is 13.1 Å². The van der Waals surface area contributed by atoms with Gasteiger partial charge in [-0.2, -0.15) is 0 Å². The van der Waals surface area contributed by atoms with Crippen LogP contribution in [0, 0.1) is 13.8 Å². The van der Waals surface area contributed by atoms with Crippen LogP contribution in [-0.2, 0) is 0 Å². The molecular weight excluding hydrogens is 196 g/mol. The van der Waals surface area contributed by atoms with Gasteiger partial charge in [-0.3, -0.25) is 0 Å². The Morgan fingerprint density at radius 2 is 1.81 bits per heavy atom. The fraction of sp³-hybridized carbons (Fsp3) is 0.571. The van der Waals surface area contributed by atoms with Gasteiger partial charge < -0.3 is 4.90 Å². The highest BCUT2D eigenvalue weighted by molar-refractivity contribution is 5.50. The molecule has 0 bridgehead atoms. The van der Waals surface area contributed by atoms with E-state index in [0.29, 0.717) is 6.04 Å². The summed E-state index contributed by atoms with van der Waals surface area (Å²) in [6, 6.07) is 7.41. The summed E-state index contributed by atoms with van der Waals surface area (Å²) in [5, 5.41) is 4.41. The summed E-state index contributed by atoms with van der Waals surface area (Å²) in [6.45, 7) is 6.40. The standard InChI is InChI=1S/C14H21N2/c1-11-4-5-14(10-12(11)2)16(3)13-6-8-15-9-7-13/h4-5,10,13H,6-9H2,1-3H3. The second kappa shape index (κ2) is 4.88. The summed E-state index contributed by atoms with van der Waals surface area (Å²) in [5.41, 5.74) is 4.09. The Kier molecular flexibility index (Phi) is 3.49. The largest absolute Gasteiger partial charge is 0.372 e. The number of hydrogen-bond donors (Lipinski definition) is 0. The lowest BCUT2D eigenvalue weighted by Crippen LogP contribution is -2.39. The number of benzene rings is 1. The highest BCUT2D eigenvalue weighted by atomic mass is 15.1. The normalized spacial score (nSPS) is 17.4. The lowest BCUT2D eigenvalue weighted by atomic mass is 10.0. The van der Waals surface area contributed by atoms with E-state index in [-0.39, 0.29) is 0 Å². The molecule has 0 N–H and O–H groups in total. The molecule has 0 amide bonds. The maximum Gasteiger partial charge on any atom is 0.0368 e. The fourth-order valence-corrected chi connectivity index (χ4v) is 2.28. The summed E-state index contributed by atoms with van der Waals surface area (Å²) in [7, 11) is 2.21. The third-order valence-electron chi connectivity index (χ3n) is 3.69. The molecule has 1 aromatic carbocycles. The van der Waals surface area contributed by atoms with Crippen molar-refractivity contribution in [3.05, 3.63) is 29.3 Å². The Hall–Kier alpha value is -1.02. The molecule has 1 radical (unpaired) electrons. The molecule has 0 unspecified atom stereocenters. The van der Waals surface area contributed by atoms with Gasteiger partial charge in [0, 0.05) is 31.9 Å². The maximum absolute atomic E-state index is 4.41. The van der Waals surface area contributed by atoms with Gasteiger partial charge in [-0.25, -0.2) is 5.32 Å². The van der Waals surface area contributed by atoms with Crippen molar-refractivity contribution in [2.24, 2.45) is 0 Å². The lowest BCUT2D eigenvalue weighted by Gasteiger charge is -2.33. The van der Waals surface area contributed by atoms with E-state index >= 15 is 0 Å². The first-order valence-electron chi connectivity index (χ1n) is 6.12. The molecule has 0 saturated carbocycles. The van der Waals surface area contributed by atoms with E-state index in [9.17, 15) is 0 Å². The molecule has 0 atom stereocenters. The second-order valence-corrected chi connectivity index (χ2v) is 4.78. The van der Waals surface area contributed by atoms with Crippen LogP contribution in [0.4, 0.5) is 5.69 Å². The molecule has 0 aliphatic carbocycles. The van der Waals surface area contributed by atoms with E-state index in [1.165, 1.54) is 29.7 Å². The van der Waals surface area contributed by atoms with Crippen molar-refractivity contribution in [1.29, 1.82) is 0 Å². The van der Waals surface area contributed by atoms with E-state index < -0.39 is 0 Å². The van der Waals surface area contributed by atoms with Crippen LogP contribution in [0.2, 0.25) is 0 Å². The van der Waals surface area contributed by atoms with Crippen LogP contribution in [0.15, 0.2) is 18.2 Å². The number of nitrogens with zero attached hydrogens (tertiary/aromatic N) is 2. The number of rotatable bonds is 2. The number of aryl methyl sites for hydroxylation is 2. The van der Waals surface area contributed by atoms with Gasteiger partial charge in [0.2, 0.25) is 0 Å². The predicted octanol–water partition coefficient (Wildman–Crippen LogP) is 2.51. The average Bonchev–Trinajstić information content (AvgIpc) is 2.33. The summed E-state index contributed by atoms with van der Waals surface area (Å²) >= 11 is 0. The fourth-order valence-electron chi connectivity index (χ4n) is 2.28. The molecule has 0 aromatic heterocycles. The van der Waals surface area contributed by atoms with E-state index in [1.807, 2.05) is 0 Å². The Balaban J connectivity index is 2.12. The Morgan fingerprint density at radius 3 is 2.44 bits per heavy atom. The zero-order chi connectivity index (χ0) is 11.5. The molecule has 2 rings (SSSR count). The molecule has 87 valence electrons. The topological polar surface area (TPSA) is 17.3 Å². The van der Waals surface area contributed by atoms with Crippen LogP contribution in [0.25, 0.3) is 0 Å². The molecule has 1 aromatic rings. The van der Waals surface area contributed by atoms with Gasteiger partial charge in [-0.1, -0.05) is 6.07 Å². The number of hydrogen-bond acceptors (Lipinski definition) is 1. The summed E-state index contributed by atoms with van der Waals surface area (Å²) < 4.78 is 0. The minimum Gasteiger partial charge on any atom is -0.372 e. The van der Waals surface area contributed by atoms with Crippen LogP contribution in [0.3, 0.4) is 0 Å². The van der Waals surface area contributed by atoms with Gasteiger partial charge in [-0.15, -0.1) is 0 Å². The van der Waals surface area contributed by atoms with Gasteiger partial charge in [-0.05, 0) is 49.9 Å². The molecule has 0 spiro atoms. The van der Waals surface area contributed by atoms with Crippen molar-refractivity contribution in [2.75, 3.05) is 25.0 Å². The third-order valence-corrected chi connectivity index (χ3v) is 3.69. The maximum atomic E-state index is 4.41. The van der Waals surface area contributed by atoms with Crippen molar-refractivity contribution < 1.29 is 0 Å². The van der Waals surface area contributed by atoms with Crippen molar-refractivity contribution in [3.63, 3.8) is 0 Å². The first-order chi connectivity index (χ1) is 7.68. The summed E-state index contributed by atoms with van der Waals surface area (Å²) in [6.07, 6.45) is 2.40. The lowest BCUT2D eigenvalue weighted by molar-refractivity contribution is 0.437. The molecule has 16 heavy (non-hydrogen) atoms. The minimum absolute atomic E-state index is 0.666. The SMILES string of the molecule is Cc1ccc(N(C)C2CC[N]CC2)cc1C. The summed E-state index contributed by atoms with van der Waals surface area (Å²) in [5.74, 6) is 0. The molecule has 1 aliphatic rings. The average molecular weight is 217 g/mol. The second-order valence-electron chi connectivity index (χ2n) is 4.78. The first-order valence-corrected chi connectivity index (χ1v) is 6.12. The molecule has 1 fully saturated rings. The first kappa shape index (κ1) is 11.5. The van der Waals surface area contributed by atoms with Gasteiger partial charge in [0.15, 0.2) is 0 Å². The van der Waals surface area contributed by atoms with Crippen molar-refractivity contribution in [1.82, 2.24) is 5.32 Å². The molecule has 1 aliphatic heterocycles. The Labute approximate surface area is 98.7 Å². The van der Waals surface area contributed by atoms with E-state index in [4.69, 9.17) is 0 Å². The molecule has 1 saturated heterocycles. The monoisotopic (exact) mass is 217 g/mol. The van der Waals surface area contributed by atoms with Crippen molar-refractivity contribution >= 4 is 5.69 Å². The molecule has 2 nitrogen and oxygen atoms in total. The Morgan fingerprint density at radius 1 is 1.12 bits per heavy atom. The van der Waals surface area contributed by atoms with E-state index in [1.54, 1.807) is 0 Å².